The number of nitrogens with one attached hydrogen (secondary N) is 1. The fraction of sp³-hybridized carbons (Fsp3) is 0.316. The molecule has 130 valence electrons. The van der Waals surface area contributed by atoms with Crippen LogP contribution in [0.5, 0.6) is 0 Å². The summed E-state index contributed by atoms with van der Waals surface area (Å²) in [6, 6.07) is 11.6. The number of nitrogens with two attached hydrogens (primary N) is 1. The number of carbonyl (C=O) groups excluding carboxylic acids is 2. The summed E-state index contributed by atoms with van der Waals surface area (Å²) in [6.07, 6.45) is 1.65. The lowest BCUT2D eigenvalue weighted by atomic mass is 9.93. The molecule has 6 heteroatoms. The van der Waals surface area contributed by atoms with E-state index in [0.29, 0.717) is 24.5 Å². The van der Waals surface area contributed by atoms with Gasteiger partial charge in [-0.3, -0.25) is 9.59 Å². The van der Waals surface area contributed by atoms with Gasteiger partial charge >= 0.3 is 0 Å². The molecular weight excluding hydrogens is 316 g/mol. The molecule has 1 aromatic carbocycles. The minimum Gasteiger partial charge on any atom is -0.365 e. The Bertz CT molecular complexity index is 788. The summed E-state index contributed by atoms with van der Waals surface area (Å²) in [5, 5.41) is 3.03. The van der Waals surface area contributed by atoms with Crippen molar-refractivity contribution in [3.8, 4) is 0 Å². The Morgan fingerprint density at radius 3 is 2.56 bits per heavy atom. The second-order valence-corrected chi connectivity index (χ2v) is 6.47. The maximum absolute atomic E-state index is 11.7. The molecule has 2 heterocycles. The molecule has 0 unspecified atom stereocenters. The van der Waals surface area contributed by atoms with E-state index in [9.17, 15) is 9.59 Å². The highest BCUT2D eigenvalue weighted by Crippen LogP contribution is 2.32. The van der Waals surface area contributed by atoms with Gasteiger partial charge in [0.2, 0.25) is 5.91 Å². The summed E-state index contributed by atoms with van der Waals surface area (Å²) in [6.45, 7) is 4.80. The van der Waals surface area contributed by atoms with Crippen molar-refractivity contribution in [1.29, 1.82) is 0 Å². The predicted octanol–water partition coefficient (Wildman–Crippen LogP) is 1.60. The maximum atomic E-state index is 11.7. The van der Waals surface area contributed by atoms with Crippen molar-refractivity contribution in [2.45, 2.75) is 25.8 Å². The van der Waals surface area contributed by atoms with Gasteiger partial charge in [0.1, 0.15) is 5.82 Å². The molecule has 3 rings (SSSR count). The van der Waals surface area contributed by atoms with Crippen LogP contribution in [-0.4, -0.2) is 35.9 Å². The van der Waals surface area contributed by atoms with Gasteiger partial charge in [0, 0.05) is 32.1 Å². The molecule has 1 aliphatic heterocycles. The summed E-state index contributed by atoms with van der Waals surface area (Å²) < 4.78 is 0. The van der Waals surface area contributed by atoms with Gasteiger partial charge in [-0.05, 0) is 24.6 Å². The van der Waals surface area contributed by atoms with E-state index in [2.05, 4.69) is 34.6 Å². The molecule has 1 aliphatic rings. The molecule has 0 bridgehead atoms. The van der Waals surface area contributed by atoms with E-state index in [1.165, 1.54) is 12.5 Å². The average Bonchev–Trinajstić information content (AvgIpc) is 2.98. The summed E-state index contributed by atoms with van der Waals surface area (Å²) in [4.78, 5) is 29.7. The molecule has 2 atom stereocenters. The number of carbonyl (C=O) groups is 2. The van der Waals surface area contributed by atoms with Gasteiger partial charge in [-0.1, -0.05) is 29.8 Å². The molecule has 25 heavy (non-hydrogen) atoms. The quantitative estimate of drug-likeness (QED) is 0.886. The molecule has 1 aromatic heterocycles. The Hall–Kier alpha value is -2.89. The van der Waals surface area contributed by atoms with E-state index in [-0.39, 0.29) is 17.9 Å². The molecule has 2 aromatic rings. The molecule has 1 fully saturated rings. The first kappa shape index (κ1) is 17.0. The maximum Gasteiger partial charge on any atom is 0.252 e. The second kappa shape index (κ2) is 6.93. The Balaban J connectivity index is 1.93. The van der Waals surface area contributed by atoms with E-state index in [1.54, 1.807) is 18.3 Å². The molecular formula is C19H22N4O2. The van der Waals surface area contributed by atoms with Gasteiger partial charge in [-0.15, -0.1) is 0 Å². The molecule has 2 amide bonds. The number of benzene rings is 1. The summed E-state index contributed by atoms with van der Waals surface area (Å²) in [7, 11) is 0. The Morgan fingerprint density at radius 2 is 1.92 bits per heavy atom. The predicted molar refractivity (Wildman–Crippen MR) is 96.5 cm³/mol. The van der Waals surface area contributed by atoms with Crippen LogP contribution in [0.2, 0.25) is 0 Å². The highest BCUT2D eigenvalue weighted by atomic mass is 16.1. The largest absolute Gasteiger partial charge is 0.365 e. The zero-order valence-corrected chi connectivity index (χ0v) is 14.4. The van der Waals surface area contributed by atoms with Crippen LogP contribution in [0.25, 0.3) is 0 Å². The number of rotatable bonds is 4. The number of amides is 2. The van der Waals surface area contributed by atoms with Gasteiger partial charge in [-0.25, -0.2) is 4.98 Å². The SMILES string of the molecule is CC(=O)N[C@H]1CN(c2ncccc2C(N)=O)C[C@@H]1c1ccc(C)cc1. The standard InChI is InChI=1S/C19H22N4O2/c1-12-5-7-14(8-6-12)16-10-23(11-17(16)22-13(2)24)19-15(18(20)25)4-3-9-21-19/h3-9,16-17H,10-11H2,1-2H3,(H2,20,25)(H,22,24)/t16-,17+/m1/s1. The molecule has 6 nitrogen and oxygen atoms in total. The topological polar surface area (TPSA) is 88.3 Å². The van der Waals surface area contributed by atoms with Crippen molar-refractivity contribution in [2.75, 3.05) is 18.0 Å². The molecule has 0 aliphatic carbocycles. The van der Waals surface area contributed by atoms with Crippen molar-refractivity contribution >= 4 is 17.6 Å². The zero-order valence-electron chi connectivity index (χ0n) is 14.4. The van der Waals surface area contributed by atoms with Gasteiger partial charge in [0.25, 0.3) is 5.91 Å². The van der Waals surface area contributed by atoms with Crippen LogP contribution < -0.4 is 16.0 Å². The average molecular weight is 338 g/mol. The van der Waals surface area contributed by atoms with Crippen LogP contribution in [0.1, 0.15) is 34.3 Å². The Labute approximate surface area is 147 Å². The number of hydrogen-bond acceptors (Lipinski definition) is 4. The third-order valence-corrected chi connectivity index (χ3v) is 4.57. The van der Waals surface area contributed by atoms with Crippen LogP contribution in [0.15, 0.2) is 42.6 Å². The van der Waals surface area contributed by atoms with Crippen molar-refractivity contribution in [3.63, 3.8) is 0 Å². The highest BCUT2D eigenvalue weighted by Gasteiger charge is 2.36. The summed E-state index contributed by atoms with van der Waals surface area (Å²) in [5.74, 6) is 0.116. The van der Waals surface area contributed by atoms with E-state index >= 15 is 0 Å². The van der Waals surface area contributed by atoms with Crippen LogP contribution in [0.4, 0.5) is 5.82 Å². The van der Waals surface area contributed by atoms with Gasteiger partial charge in [0.05, 0.1) is 11.6 Å². The van der Waals surface area contributed by atoms with Gasteiger partial charge in [-0.2, -0.15) is 0 Å². The van der Waals surface area contributed by atoms with Crippen LogP contribution in [-0.2, 0) is 4.79 Å². The fourth-order valence-electron chi connectivity index (χ4n) is 3.38. The molecule has 0 spiro atoms. The Morgan fingerprint density at radius 1 is 1.20 bits per heavy atom. The molecule has 3 N–H and O–H groups in total. The highest BCUT2D eigenvalue weighted by molar-refractivity contribution is 5.97. The van der Waals surface area contributed by atoms with E-state index < -0.39 is 5.91 Å². The number of aromatic nitrogens is 1. The third kappa shape index (κ3) is 3.63. The third-order valence-electron chi connectivity index (χ3n) is 4.57. The van der Waals surface area contributed by atoms with Gasteiger partial charge < -0.3 is 16.0 Å². The smallest absolute Gasteiger partial charge is 0.252 e. The second-order valence-electron chi connectivity index (χ2n) is 6.47. The summed E-state index contributed by atoms with van der Waals surface area (Å²) in [5.41, 5.74) is 8.23. The number of primary amides is 1. The fourth-order valence-corrected chi connectivity index (χ4v) is 3.38. The minimum absolute atomic E-state index is 0.0528. The molecule has 0 saturated carbocycles. The van der Waals surface area contributed by atoms with E-state index in [4.69, 9.17) is 5.73 Å². The van der Waals surface area contributed by atoms with E-state index in [0.717, 1.165) is 5.56 Å². The first-order valence-electron chi connectivity index (χ1n) is 8.29. The van der Waals surface area contributed by atoms with E-state index in [1.807, 2.05) is 11.8 Å². The summed E-state index contributed by atoms with van der Waals surface area (Å²) >= 11 is 0. The lowest BCUT2D eigenvalue weighted by molar-refractivity contribution is -0.119. The van der Waals surface area contributed by atoms with Crippen LogP contribution in [0, 0.1) is 6.92 Å². The first-order valence-corrected chi connectivity index (χ1v) is 8.29. The number of anilines is 1. The van der Waals surface area contributed by atoms with Crippen molar-refractivity contribution in [3.05, 3.63) is 59.3 Å². The number of pyridine rings is 1. The number of nitrogens with zero attached hydrogens (tertiary/aromatic N) is 2. The monoisotopic (exact) mass is 338 g/mol. The van der Waals surface area contributed by atoms with Crippen molar-refractivity contribution in [1.82, 2.24) is 10.3 Å². The normalized spacial score (nSPS) is 19.7. The Kier molecular flexibility index (Phi) is 4.70. The van der Waals surface area contributed by atoms with Crippen molar-refractivity contribution < 1.29 is 9.59 Å². The van der Waals surface area contributed by atoms with Crippen molar-refractivity contribution in [2.24, 2.45) is 5.73 Å². The van der Waals surface area contributed by atoms with Crippen LogP contribution in [0.3, 0.4) is 0 Å². The number of aryl methyl sites for hydroxylation is 1. The van der Waals surface area contributed by atoms with Gasteiger partial charge in [0.15, 0.2) is 0 Å². The first-order chi connectivity index (χ1) is 12.0. The zero-order chi connectivity index (χ0) is 18.0. The minimum atomic E-state index is -0.502. The lowest BCUT2D eigenvalue weighted by Gasteiger charge is -2.19. The molecule has 1 saturated heterocycles. The lowest BCUT2D eigenvalue weighted by Crippen LogP contribution is -2.38. The van der Waals surface area contributed by atoms with Crippen LogP contribution >= 0.6 is 0 Å². The molecule has 0 radical (unpaired) electrons. The number of hydrogen-bond donors (Lipinski definition) is 2.